The maximum absolute atomic E-state index is 12.1. The van der Waals surface area contributed by atoms with Gasteiger partial charge in [-0.1, -0.05) is 0 Å². The van der Waals surface area contributed by atoms with E-state index in [2.05, 4.69) is 0 Å². The number of nitrogens with one attached hydrogen (secondary N) is 1. The van der Waals surface area contributed by atoms with Crippen molar-refractivity contribution in [2.75, 3.05) is 25.1 Å². The molecule has 0 saturated heterocycles. The molecule has 2 amide bonds. The number of carbonyl (C=O) groups is 3. The summed E-state index contributed by atoms with van der Waals surface area (Å²) in [4.78, 5) is 35.4. The number of hydrogen-bond donors (Lipinski definition) is 2. The second-order valence-corrected chi connectivity index (χ2v) is 6.98. The van der Waals surface area contributed by atoms with E-state index in [1.165, 1.54) is 25.2 Å². The van der Waals surface area contributed by atoms with E-state index >= 15 is 0 Å². The molecule has 0 saturated carbocycles. The summed E-state index contributed by atoms with van der Waals surface area (Å²) in [5.41, 5.74) is -0.623. The summed E-state index contributed by atoms with van der Waals surface area (Å²) >= 11 is 0. The summed E-state index contributed by atoms with van der Waals surface area (Å²) in [6.07, 6.45) is -5.63. The Morgan fingerprint density at radius 1 is 1.17 bits per heavy atom. The number of carbonyl (C=O) groups excluding carboxylic acids is 2. The predicted octanol–water partition coefficient (Wildman–Crippen LogP) is 3.20. The molecule has 0 bridgehead atoms. The second kappa shape index (κ2) is 9.48. The van der Waals surface area contributed by atoms with Crippen LogP contribution in [0.3, 0.4) is 0 Å². The van der Waals surface area contributed by atoms with Crippen LogP contribution in [-0.4, -0.2) is 55.1 Å². The Labute approximate surface area is 165 Å². The molecular weight excluding hydrogens is 397 g/mol. The van der Waals surface area contributed by atoms with Crippen molar-refractivity contribution >= 4 is 23.7 Å². The van der Waals surface area contributed by atoms with Gasteiger partial charge in [0, 0.05) is 19.7 Å². The van der Waals surface area contributed by atoms with E-state index < -0.39 is 29.7 Å². The zero-order chi connectivity index (χ0) is 22.4. The Balaban J connectivity index is 2.80. The van der Waals surface area contributed by atoms with Gasteiger partial charge in [0.2, 0.25) is 0 Å². The van der Waals surface area contributed by atoms with Crippen molar-refractivity contribution in [1.29, 1.82) is 0 Å². The monoisotopic (exact) mass is 420 g/mol. The minimum atomic E-state index is -4.97. The minimum absolute atomic E-state index is 0.00696. The first-order chi connectivity index (χ1) is 13.2. The van der Waals surface area contributed by atoms with E-state index in [0.717, 1.165) is 4.90 Å². The smallest absolute Gasteiger partial charge is 0.471 e. The second-order valence-electron chi connectivity index (χ2n) is 6.98. The first-order valence-corrected chi connectivity index (χ1v) is 8.54. The number of amides is 2. The Bertz CT molecular complexity index is 759. The largest absolute Gasteiger partial charge is 0.493 e. The molecule has 0 radical (unpaired) electrons. The topological polar surface area (TPSA) is 105 Å². The number of carboxylic acid groups (broad SMARTS) is 1. The number of hydrogen-bond acceptors (Lipinski definition) is 5. The number of carboxylic acids is 1. The number of alkyl halides is 3. The average Bonchev–Trinajstić information content (AvgIpc) is 2.57. The number of nitrogens with zero attached hydrogens (tertiary/aromatic N) is 1. The van der Waals surface area contributed by atoms with Gasteiger partial charge in [-0.3, -0.25) is 9.69 Å². The Hall–Kier alpha value is -2.98. The highest BCUT2D eigenvalue weighted by Crippen LogP contribution is 2.27. The third-order valence-electron chi connectivity index (χ3n) is 3.37. The van der Waals surface area contributed by atoms with Gasteiger partial charge in [0.1, 0.15) is 16.9 Å². The molecule has 0 aliphatic carbocycles. The lowest BCUT2D eigenvalue weighted by Crippen LogP contribution is -2.37. The first-order valence-electron chi connectivity index (χ1n) is 8.54. The summed E-state index contributed by atoms with van der Waals surface area (Å²) in [5.74, 6) is -3.42. The fraction of sp³-hybridized carbons (Fsp3) is 0.500. The molecule has 0 fully saturated rings. The third-order valence-corrected chi connectivity index (χ3v) is 3.37. The van der Waals surface area contributed by atoms with Gasteiger partial charge in [-0.2, -0.15) is 13.2 Å². The molecule has 29 heavy (non-hydrogen) atoms. The SMILES string of the molecule is CN(C(=O)OC(C)(C)C)c1ccc(C(=O)O)c(OCCCNC(=O)C(F)(F)F)c1. The van der Waals surface area contributed by atoms with E-state index in [1.807, 2.05) is 0 Å². The quantitative estimate of drug-likeness (QED) is 0.657. The number of halogens is 3. The zero-order valence-electron chi connectivity index (χ0n) is 16.4. The maximum atomic E-state index is 12.1. The van der Waals surface area contributed by atoms with Crippen LogP contribution in [0.15, 0.2) is 18.2 Å². The Morgan fingerprint density at radius 3 is 2.31 bits per heavy atom. The predicted molar refractivity (Wildman–Crippen MR) is 97.2 cm³/mol. The third kappa shape index (κ3) is 7.88. The van der Waals surface area contributed by atoms with Crippen LogP contribution in [0, 0.1) is 0 Å². The van der Waals surface area contributed by atoms with Gasteiger partial charge in [0.25, 0.3) is 0 Å². The molecule has 0 atom stereocenters. The normalized spacial score (nSPS) is 11.6. The van der Waals surface area contributed by atoms with Crippen LogP contribution in [0.2, 0.25) is 0 Å². The van der Waals surface area contributed by atoms with E-state index in [9.17, 15) is 32.7 Å². The van der Waals surface area contributed by atoms with Crippen LogP contribution in [0.4, 0.5) is 23.7 Å². The summed E-state index contributed by atoms with van der Waals surface area (Å²) in [6, 6.07) is 3.94. The van der Waals surface area contributed by atoms with E-state index in [4.69, 9.17) is 9.47 Å². The highest BCUT2D eigenvalue weighted by molar-refractivity contribution is 5.93. The van der Waals surface area contributed by atoms with Crippen molar-refractivity contribution < 1.29 is 42.1 Å². The fourth-order valence-corrected chi connectivity index (χ4v) is 2.01. The van der Waals surface area contributed by atoms with Gasteiger partial charge in [-0.15, -0.1) is 0 Å². The maximum Gasteiger partial charge on any atom is 0.471 e. The van der Waals surface area contributed by atoms with Gasteiger partial charge in [-0.25, -0.2) is 9.59 Å². The average molecular weight is 420 g/mol. The van der Waals surface area contributed by atoms with Crippen molar-refractivity contribution in [1.82, 2.24) is 5.32 Å². The summed E-state index contributed by atoms with van der Waals surface area (Å²) in [5, 5.41) is 10.9. The lowest BCUT2D eigenvalue weighted by atomic mass is 10.1. The molecule has 162 valence electrons. The Morgan fingerprint density at radius 2 is 1.79 bits per heavy atom. The van der Waals surface area contributed by atoms with Gasteiger partial charge >= 0.3 is 24.1 Å². The van der Waals surface area contributed by atoms with Crippen molar-refractivity contribution in [2.24, 2.45) is 0 Å². The number of ether oxygens (including phenoxy) is 2. The summed E-state index contributed by atoms with van der Waals surface area (Å²) in [6.45, 7) is 4.62. The van der Waals surface area contributed by atoms with Crippen LogP contribution >= 0.6 is 0 Å². The summed E-state index contributed by atoms with van der Waals surface area (Å²) < 4.78 is 46.9. The molecule has 8 nitrogen and oxygen atoms in total. The highest BCUT2D eigenvalue weighted by atomic mass is 19.4. The number of anilines is 1. The van der Waals surface area contributed by atoms with E-state index in [0.29, 0.717) is 5.69 Å². The van der Waals surface area contributed by atoms with Gasteiger partial charge in [-0.05, 0) is 39.3 Å². The molecule has 1 rings (SSSR count). The molecule has 2 N–H and O–H groups in total. The van der Waals surface area contributed by atoms with Crippen LogP contribution in [0.1, 0.15) is 37.6 Å². The number of benzene rings is 1. The van der Waals surface area contributed by atoms with Crippen molar-refractivity contribution in [3.63, 3.8) is 0 Å². The molecule has 0 unspecified atom stereocenters. The van der Waals surface area contributed by atoms with Crippen LogP contribution in [0.25, 0.3) is 0 Å². The lowest BCUT2D eigenvalue weighted by Gasteiger charge is -2.25. The van der Waals surface area contributed by atoms with Gasteiger partial charge < -0.3 is 19.9 Å². The molecule has 1 aromatic rings. The zero-order valence-corrected chi connectivity index (χ0v) is 16.4. The summed E-state index contributed by atoms with van der Waals surface area (Å²) in [7, 11) is 1.43. The molecule has 0 heterocycles. The lowest BCUT2D eigenvalue weighted by molar-refractivity contribution is -0.173. The van der Waals surface area contributed by atoms with Crippen molar-refractivity contribution in [2.45, 2.75) is 39.0 Å². The molecule has 0 spiro atoms. The number of aromatic carboxylic acids is 1. The Kier molecular flexibility index (Phi) is 7.87. The molecule has 0 aromatic heterocycles. The highest BCUT2D eigenvalue weighted by Gasteiger charge is 2.38. The minimum Gasteiger partial charge on any atom is -0.493 e. The molecule has 1 aromatic carbocycles. The van der Waals surface area contributed by atoms with Crippen LogP contribution in [-0.2, 0) is 9.53 Å². The van der Waals surface area contributed by atoms with Crippen molar-refractivity contribution in [3.8, 4) is 5.75 Å². The molecular formula is C18H23F3N2O6. The number of rotatable bonds is 7. The molecule has 0 aliphatic rings. The van der Waals surface area contributed by atoms with Crippen LogP contribution < -0.4 is 15.0 Å². The van der Waals surface area contributed by atoms with Gasteiger partial charge in [0.05, 0.1) is 12.3 Å². The van der Waals surface area contributed by atoms with Crippen molar-refractivity contribution in [3.05, 3.63) is 23.8 Å². The van der Waals surface area contributed by atoms with E-state index in [-0.39, 0.29) is 30.9 Å². The van der Waals surface area contributed by atoms with E-state index in [1.54, 1.807) is 26.1 Å². The standard InChI is InChI=1S/C18H23F3N2O6/c1-17(2,3)29-16(27)23(4)11-6-7-12(14(24)25)13(10-11)28-9-5-8-22-15(26)18(19,20)21/h6-7,10H,5,8-9H2,1-4H3,(H,22,26)(H,24,25). The van der Waals surface area contributed by atoms with Crippen LogP contribution in [0.5, 0.6) is 5.75 Å². The first kappa shape index (κ1) is 24.1. The molecule has 0 aliphatic heterocycles. The van der Waals surface area contributed by atoms with Gasteiger partial charge in [0.15, 0.2) is 0 Å². The fourth-order valence-electron chi connectivity index (χ4n) is 2.01. The molecule has 11 heteroatoms.